The third-order valence-corrected chi connectivity index (χ3v) is 7.11. The highest BCUT2D eigenvalue weighted by molar-refractivity contribution is 5.99. The number of nitro groups is 1. The predicted octanol–water partition coefficient (Wildman–Crippen LogP) is 3.77. The normalized spacial score (nSPS) is 19.3. The number of carbonyl (C=O) groups excluding carboxylic acids is 2. The summed E-state index contributed by atoms with van der Waals surface area (Å²) in [5, 5.41) is 14.6. The Hall–Kier alpha value is -3.50. The van der Waals surface area contributed by atoms with Crippen LogP contribution in [0.3, 0.4) is 0 Å². The molecule has 0 spiro atoms. The van der Waals surface area contributed by atoms with Crippen molar-refractivity contribution in [2.45, 2.75) is 40.0 Å². The highest BCUT2D eigenvalue weighted by Gasteiger charge is 2.39. The predicted molar refractivity (Wildman–Crippen MR) is 149 cm³/mol. The number of carbonyl (C=O) groups is 2. The van der Waals surface area contributed by atoms with E-state index in [0.29, 0.717) is 17.0 Å². The van der Waals surface area contributed by atoms with Crippen molar-refractivity contribution in [1.29, 1.82) is 0 Å². The molecule has 0 bridgehead atoms. The Labute approximate surface area is 230 Å². The quantitative estimate of drug-likeness (QED) is 0.205. The fourth-order valence-electron chi connectivity index (χ4n) is 5.33. The lowest BCUT2D eigenvalue weighted by molar-refractivity contribution is -0.384. The lowest BCUT2D eigenvalue weighted by Gasteiger charge is -2.33. The van der Waals surface area contributed by atoms with Crippen molar-refractivity contribution in [2.24, 2.45) is 5.41 Å². The Morgan fingerprint density at radius 1 is 1.13 bits per heavy atom. The molecule has 1 N–H and O–H groups in total. The number of hydrogen-bond acceptors (Lipinski definition) is 9. The third-order valence-electron chi connectivity index (χ3n) is 7.11. The molecule has 10 heteroatoms. The molecule has 0 saturated carbocycles. The molecule has 2 heterocycles. The molecule has 0 amide bonds. The Morgan fingerprint density at radius 3 is 2.41 bits per heavy atom. The number of nitrogens with one attached hydrogen (secondary N) is 1. The van der Waals surface area contributed by atoms with E-state index in [1.807, 2.05) is 6.08 Å². The van der Waals surface area contributed by atoms with Crippen molar-refractivity contribution >= 4 is 17.6 Å². The van der Waals surface area contributed by atoms with Crippen molar-refractivity contribution in [3.63, 3.8) is 0 Å². The van der Waals surface area contributed by atoms with E-state index >= 15 is 0 Å². The van der Waals surface area contributed by atoms with Gasteiger partial charge in [-0.2, -0.15) is 0 Å². The van der Waals surface area contributed by atoms with Crippen molar-refractivity contribution in [2.75, 3.05) is 53.0 Å². The minimum atomic E-state index is -0.879. The molecule has 2 aliphatic rings. The van der Waals surface area contributed by atoms with E-state index in [1.54, 1.807) is 26.0 Å². The Bertz CT molecular complexity index is 1170. The Balaban J connectivity index is 1.82. The number of non-ortho nitro benzene ring substituents is 1. The number of benzene rings is 1. The Morgan fingerprint density at radius 2 is 1.77 bits per heavy atom. The van der Waals surface area contributed by atoms with E-state index in [4.69, 9.17) is 9.47 Å². The second kappa shape index (κ2) is 13.0. The molecule has 212 valence electrons. The third kappa shape index (κ3) is 7.54. The van der Waals surface area contributed by atoms with Gasteiger partial charge in [-0.3, -0.25) is 15.0 Å². The number of nitrogens with zero attached hydrogens (tertiary/aromatic N) is 3. The molecule has 1 fully saturated rings. The van der Waals surface area contributed by atoms with Gasteiger partial charge >= 0.3 is 11.9 Å². The van der Waals surface area contributed by atoms with Gasteiger partial charge in [0.15, 0.2) is 0 Å². The first-order valence-corrected chi connectivity index (χ1v) is 13.2. The van der Waals surface area contributed by atoms with Crippen LogP contribution in [0.25, 0.3) is 0 Å². The first kappa shape index (κ1) is 30.0. The number of hydrogen-bond donors (Lipinski definition) is 1. The van der Waals surface area contributed by atoms with Gasteiger partial charge in [0, 0.05) is 55.1 Å². The van der Waals surface area contributed by atoms with E-state index in [0.717, 1.165) is 45.7 Å². The zero-order valence-corrected chi connectivity index (χ0v) is 23.6. The van der Waals surface area contributed by atoms with Crippen LogP contribution in [0.2, 0.25) is 0 Å². The largest absolute Gasteiger partial charge is 0.466 e. The monoisotopic (exact) mass is 540 g/mol. The summed E-state index contributed by atoms with van der Waals surface area (Å²) in [6.07, 6.45) is 2.99. The van der Waals surface area contributed by atoms with Gasteiger partial charge in [-0.1, -0.05) is 32.1 Å². The summed E-state index contributed by atoms with van der Waals surface area (Å²) in [6.45, 7) is 17.1. The second-order valence-electron chi connectivity index (χ2n) is 10.9. The molecular weight excluding hydrogens is 500 g/mol. The van der Waals surface area contributed by atoms with E-state index in [-0.39, 0.29) is 28.9 Å². The maximum Gasteiger partial charge on any atom is 0.336 e. The molecule has 3 rings (SSSR count). The SMILES string of the molecule is C=CCN1CCCN(CC(C)(C)COC(=O)C2=C(C)NC(C)=C(C(=O)OC)C2c2cccc([N+](=O)[O-])c2)CC1. The number of dihydropyridines is 1. The summed E-state index contributed by atoms with van der Waals surface area (Å²) in [5.41, 5.74) is 1.45. The highest BCUT2D eigenvalue weighted by atomic mass is 16.6. The van der Waals surface area contributed by atoms with Gasteiger partial charge in [0.2, 0.25) is 0 Å². The molecule has 0 radical (unpaired) electrons. The number of methoxy groups -OCH3 is 1. The number of rotatable bonds is 10. The molecular formula is C29H40N4O6. The molecule has 1 unspecified atom stereocenters. The van der Waals surface area contributed by atoms with Gasteiger partial charge in [-0.25, -0.2) is 9.59 Å². The minimum absolute atomic E-state index is 0.136. The molecule has 10 nitrogen and oxygen atoms in total. The van der Waals surface area contributed by atoms with Crippen molar-refractivity contribution < 1.29 is 24.0 Å². The minimum Gasteiger partial charge on any atom is -0.466 e. The molecule has 39 heavy (non-hydrogen) atoms. The average Bonchev–Trinajstić information content (AvgIpc) is 3.11. The average molecular weight is 541 g/mol. The maximum atomic E-state index is 13.6. The number of allylic oxidation sites excluding steroid dienone is 2. The topological polar surface area (TPSA) is 114 Å². The number of nitro benzene ring substituents is 1. The van der Waals surface area contributed by atoms with Crippen LogP contribution >= 0.6 is 0 Å². The second-order valence-corrected chi connectivity index (χ2v) is 10.9. The molecule has 2 aliphatic heterocycles. The smallest absolute Gasteiger partial charge is 0.336 e. The van der Waals surface area contributed by atoms with Gasteiger partial charge < -0.3 is 19.7 Å². The number of ether oxygens (including phenoxy) is 2. The Kier molecular flexibility index (Phi) is 10.0. The van der Waals surface area contributed by atoms with E-state index in [9.17, 15) is 19.7 Å². The van der Waals surface area contributed by atoms with Crippen LogP contribution in [-0.4, -0.2) is 79.6 Å². The van der Waals surface area contributed by atoms with Crippen LogP contribution in [0.15, 0.2) is 59.5 Å². The van der Waals surface area contributed by atoms with Crippen molar-refractivity contribution in [3.8, 4) is 0 Å². The summed E-state index contributed by atoms with van der Waals surface area (Å²) in [6, 6.07) is 5.96. The summed E-state index contributed by atoms with van der Waals surface area (Å²) in [5.74, 6) is -2.08. The van der Waals surface area contributed by atoms with Gasteiger partial charge in [-0.15, -0.1) is 6.58 Å². The van der Waals surface area contributed by atoms with Gasteiger partial charge in [-0.05, 0) is 38.9 Å². The van der Waals surface area contributed by atoms with E-state index in [1.165, 1.54) is 19.2 Å². The van der Waals surface area contributed by atoms with Gasteiger partial charge in [0.1, 0.15) is 0 Å². The standard InChI is InChI=1S/C29H40N4O6/c1-7-12-31-13-9-14-32(16-15-31)18-29(4,5)19-39-28(35)25-21(3)30-20(2)24(27(34)38-6)26(25)22-10-8-11-23(17-22)33(36)37/h7-8,10-11,17,26,30H,1,9,12-16,18-19H2,2-6H3. The zero-order chi connectivity index (χ0) is 28.7. The van der Waals surface area contributed by atoms with Crippen LogP contribution in [0.4, 0.5) is 5.69 Å². The van der Waals surface area contributed by atoms with E-state index in [2.05, 4.69) is 35.5 Å². The van der Waals surface area contributed by atoms with E-state index < -0.39 is 22.8 Å². The molecule has 0 aliphatic carbocycles. The fraction of sp³-hybridized carbons (Fsp3) is 0.517. The molecule has 1 saturated heterocycles. The molecule has 1 aromatic rings. The fourth-order valence-corrected chi connectivity index (χ4v) is 5.33. The number of esters is 2. The highest BCUT2D eigenvalue weighted by Crippen LogP contribution is 2.40. The summed E-state index contributed by atoms with van der Waals surface area (Å²) in [4.78, 5) is 42.2. The van der Waals surface area contributed by atoms with Crippen molar-refractivity contribution in [3.05, 3.63) is 75.1 Å². The zero-order valence-electron chi connectivity index (χ0n) is 23.6. The van der Waals surface area contributed by atoms with Crippen molar-refractivity contribution in [1.82, 2.24) is 15.1 Å². The summed E-state index contributed by atoms with van der Waals surface area (Å²) >= 11 is 0. The lowest BCUT2D eigenvalue weighted by Crippen LogP contribution is -2.40. The van der Waals surface area contributed by atoms with Crippen LogP contribution in [0.1, 0.15) is 45.6 Å². The summed E-state index contributed by atoms with van der Waals surface area (Å²) < 4.78 is 10.9. The molecule has 0 aromatic heterocycles. The lowest BCUT2D eigenvalue weighted by atomic mass is 9.80. The van der Waals surface area contributed by atoms with Crippen LogP contribution < -0.4 is 5.32 Å². The molecule has 1 aromatic carbocycles. The van der Waals surface area contributed by atoms with Crippen LogP contribution in [0, 0.1) is 15.5 Å². The molecule has 1 atom stereocenters. The van der Waals surface area contributed by atoms with Gasteiger partial charge in [0.25, 0.3) is 5.69 Å². The maximum absolute atomic E-state index is 13.6. The van der Waals surface area contributed by atoms with Crippen LogP contribution in [0.5, 0.6) is 0 Å². The summed E-state index contributed by atoms with van der Waals surface area (Å²) in [7, 11) is 1.26. The van der Waals surface area contributed by atoms with Gasteiger partial charge in [0.05, 0.1) is 35.7 Å². The first-order chi connectivity index (χ1) is 18.5. The van der Waals surface area contributed by atoms with Crippen LogP contribution in [-0.2, 0) is 19.1 Å². The first-order valence-electron chi connectivity index (χ1n) is 13.2.